The van der Waals surface area contributed by atoms with Crippen molar-refractivity contribution in [3.8, 4) is 0 Å². The summed E-state index contributed by atoms with van der Waals surface area (Å²) in [6.45, 7) is 6.29. The summed E-state index contributed by atoms with van der Waals surface area (Å²) in [7, 11) is 0. The van der Waals surface area contributed by atoms with Gasteiger partial charge >= 0.3 is 0 Å². The summed E-state index contributed by atoms with van der Waals surface area (Å²) in [4.78, 5) is 13.6. The molecule has 1 atom stereocenters. The third kappa shape index (κ3) is 2.66. The number of morpholine rings is 1. The van der Waals surface area contributed by atoms with Gasteiger partial charge in [-0.05, 0) is 19.1 Å². The summed E-state index contributed by atoms with van der Waals surface area (Å²) in [6, 6.07) is 2.34. The molecule has 3 nitrogen and oxygen atoms in total. The number of benzene rings is 1. The maximum Gasteiger partial charge on any atom is 0.260 e. The van der Waals surface area contributed by atoms with Gasteiger partial charge in [-0.1, -0.05) is 12.7 Å². The molecular formula is C14H15F2NO2. The minimum Gasteiger partial charge on any atom is -0.375 e. The molecule has 19 heavy (non-hydrogen) atoms. The van der Waals surface area contributed by atoms with Gasteiger partial charge in [-0.15, -0.1) is 0 Å². The molecule has 2 rings (SSSR count). The summed E-state index contributed by atoms with van der Waals surface area (Å²) >= 11 is 0. The van der Waals surface area contributed by atoms with Crippen LogP contribution in [0.1, 0.15) is 22.8 Å². The molecule has 1 aromatic carbocycles. The third-order valence-electron chi connectivity index (χ3n) is 3.08. The maximum atomic E-state index is 14.0. The average molecular weight is 267 g/mol. The Labute approximate surface area is 110 Å². The van der Waals surface area contributed by atoms with Crippen molar-refractivity contribution in [2.24, 2.45) is 0 Å². The fourth-order valence-corrected chi connectivity index (χ4v) is 2.08. The highest BCUT2D eigenvalue weighted by Gasteiger charge is 2.27. The molecule has 1 heterocycles. The minimum absolute atomic E-state index is 0.117. The Kier molecular flexibility index (Phi) is 3.95. The molecule has 1 aliphatic heterocycles. The lowest BCUT2D eigenvalue weighted by molar-refractivity contribution is -0.0127. The van der Waals surface area contributed by atoms with Gasteiger partial charge in [0.15, 0.2) is 0 Å². The number of carbonyl (C=O) groups is 1. The van der Waals surface area contributed by atoms with Crippen molar-refractivity contribution in [2.75, 3.05) is 19.7 Å². The Hall–Kier alpha value is -1.75. The Morgan fingerprint density at radius 2 is 2.26 bits per heavy atom. The second kappa shape index (κ2) is 5.48. The number of carbonyl (C=O) groups excluding carboxylic acids is 1. The topological polar surface area (TPSA) is 29.5 Å². The molecule has 0 aliphatic carbocycles. The molecule has 0 unspecified atom stereocenters. The maximum absolute atomic E-state index is 14.0. The van der Waals surface area contributed by atoms with E-state index in [9.17, 15) is 13.6 Å². The molecule has 1 fully saturated rings. The fraction of sp³-hybridized carbons (Fsp3) is 0.357. The molecule has 0 saturated carbocycles. The highest BCUT2D eigenvalue weighted by molar-refractivity contribution is 5.95. The van der Waals surface area contributed by atoms with E-state index in [1.807, 2.05) is 6.92 Å². The number of hydrogen-bond donors (Lipinski definition) is 0. The van der Waals surface area contributed by atoms with Crippen molar-refractivity contribution < 1.29 is 18.3 Å². The van der Waals surface area contributed by atoms with Gasteiger partial charge in [-0.2, -0.15) is 0 Å². The Balaban J connectivity index is 2.35. The molecule has 1 saturated heterocycles. The second-order valence-electron chi connectivity index (χ2n) is 4.46. The van der Waals surface area contributed by atoms with E-state index in [0.29, 0.717) is 19.7 Å². The molecule has 0 N–H and O–H groups in total. The minimum atomic E-state index is -0.862. The van der Waals surface area contributed by atoms with Gasteiger partial charge in [0.1, 0.15) is 17.2 Å². The first kappa shape index (κ1) is 13.7. The van der Waals surface area contributed by atoms with Crippen LogP contribution in [-0.2, 0) is 4.74 Å². The van der Waals surface area contributed by atoms with Crippen molar-refractivity contribution in [1.82, 2.24) is 4.90 Å². The van der Waals surface area contributed by atoms with Crippen molar-refractivity contribution in [1.29, 1.82) is 0 Å². The molecular weight excluding hydrogens is 252 g/mol. The summed E-state index contributed by atoms with van der Waals surface area (Å²) in [5.41, 5.74) is -0.405. The van der Waals surface area contributed by atoms with Gasteiger partial charge in [0.05, 0.1) is 12.7 Å². The molecule has 0 aromatic heterocycles. The van der Waals surface area contributed by atoms with E-state index in [-0.39, 0.29) is 11.7 Å². The van der Waals surface area contributed by atoms with E-state index in [0.717, 1.165) is 6.07 Å². The Morgan fingerprint density at radius 3 is 2.89 bits per heavy atom. The van der Waals surface area contributed by atoms with Crippen LogP contribution in [0.25, 0.3) is 6.08 Å². The molecule has 0 bridgehead atoms. The first-order valence-electron chi connectivity index (χ1n) is 6.06. The summed E-state index contributed by atoms with van der Waals surface area (Å²) in [5.74, 6) is -2.36. The molecule has 1 aliphatic rings. The van der Waals surface area contributed by atoms with Crippen molar-refractivity contribution in [3.05, 3.63) is 41.5 Å². The number of hydrogen-bond acceptors (Lipinski definition) is 2. The largest absolute Gasteiger partial charge is 0.375 e. The quantitative estimate of drug-likeness (QED) is 0.823. The Bertz CT molecular complexity index is 516. The molecule has 1 aromatic rings. The van der Waals surface area contributed by atoms with E-state index in [1.54, 1.807) is 0 Å². The van der Waals surface area contributed by atoms with Crippen LogP contribution in [0.2, 0.25) is 0 Å². The number of amides is 1. The third-order valence-corrected chi connectivity index (χ3v) is 3.08. The van der Waals surface area contributed by atoms with E-state index < -0.39 is 23.1 Å². The van der Waals surface area contributed by atoms with Gasteiger partial charge in [0.25, 0.3) is 5.91 Å². The predicted octanol–water partition coefficient (Wildman–Crippen LogP) is 2.47. The molecule has 5 heteroatoms. The van der Waals surface area contributed by atoms with Crippen LogP contribution in [0.3, 0.4) is 0 Å². The van der Waals surface area contributed by atoms with Gasteiger partial charge in [0, 0.05) is 18.7 Å². The number of ether oxygens (including phenoxy) is 1. The zero-order valence-electron chi connectivity index (χ0n) is 10.7. The monoisotopic (exact) mass is 267 g/mol. The van der Waals surface area contributed by atoms with Gasteiger partial charge in [-0.25, -0.2) is 8.78 Å². The van der Waals surface area contributed by atoms with E-state index in [1.165, 1.54) is 17.0 Å². The van der Waals surface area contributed by atoms with Crippen LogP contribution >= 0.6 is 0 Å². The van der Waals surface area contributed by atoms with Gasteiger partial charge in [-0.3, -0.25) is 4.79 Å². The van der Waals surface area contributed by atoms with Crippen LogP contribution in [0, 0.1) is 11.6 Å². The van der Waals surface area contributed by atoms with Crippen LogP contribution in [-0.4, -0.2) is 36.6 Å². The lowest BCUT2D eigenvalue weighted by Crippen LogP contribution is -2.45. The smallest absolute Gasteiger partial charge is 0.260 e. The average Bonchev–Trinajstić information content (AvgIpc) is 2.39. The van der Waals surface area contributed by atoms with Crippen molar-refractivity contribution in [2.45, 2.75) is 13.0 Å². The van der Waals surface area contributed by atoms with Gasteiger partial charge in [0.2, 0.25) is 0 Å². The van der Waals surface area contributed by atoms with E-state index in [4.69, 9.17) is 4.74 Å². The fourth-order valence-electron chi connectivity index (χ4n) is 2.08. The first-order chi connectivity index (χ1) is 9.04. The number of halogens is 2. The van der Waals surface area contributed by atoms with E-state index in [2.05, 4.69) is 6.58 Å². The highest BCUT2D eigenvalue weighted by Crippen LogP contribution is 2.20. The highest BCUT2D eigenvalue weighted by atomic mass is 19.1. The lowest BCUT2D eigenvalue weighted by atomic mass is 10.1. The van der Waals surface area contributed by atoms with Gasteiger partial charge < -0.3 is 9.64 Å². The van der Waals surface area contributed by atoms with Crippen LogP contribution in [0.15, 0.2) is 18.7 Å². The van der Waals surface area contributed by atoms with Crippen LogP contribution in [0.5, 0.6) is 0 Å². The van der Waals surface area contributed by atoms with Crippen molar-refractivity contribution in [3.63, 3.8) is 0 Å². The second-order valence-corrected chi connectivity index (χ2v) is 4.46. The van der Waals surface area contributed by atoms with Crippen molar-refractivity contribution >= 4 is 12.0 Å². The predicted molar refractivity (Wildman–Crippen MR) is 67.8 cm³/mol. The SMILES string of the molecule is C=Cc1ccc(F)c(C(=O)N2CCO[C@H](C)C2)c1F. The van der Waals surface area contributed by atoms with Crippen LogP contribution < -0.4 is 0 Å². The normalized spacial score (nSPS) is 19.3. The molecule has 0 radical (unpaired) electrons. The molecule has 1 amide bonds. The molecule has 102 valence electrons. The summed E-state index contributed by atoms with van der Waals surface area (Å²) < 4.78 is 33.1. The lowest BCUT2D eigenvalue weighted by Gasteiger charge is -2.31. The first-order valence-corrected chi connectivity index (χ1v) is 6.06. The number of nitrogens with zero attached hydrogens (tertiary/aromatic N) is 1. The Morgan fingerprint density at radius 1 is 1.53 bits per heavy atom. The summed E-state index contributed by atoms with van der Waals surface area (Å²) in [5, 5.41) is 0. The zero-order valence-corrected chi connectivity index (χ0v) is 10.7. The van der Waals surface area contributed by atoms with E-state index >= 15 is 0 Å². The standard InChI is InChI=1S/C14H15F2NO2/c1-3-10-4-5-11(15)12(13(10)16)14(18)17-6-7-19-9(2)8-17/h3-5,9H,1,6-8H2,2H3/t9-/m1/s1. The van der Waals surface area contributed by atoms with Crippen LogP contribution in [0.4, 0.5) is 8.78 Å². The molecule has 0 spiro atoms. The summed E-state index contributed by atoms with van der Waals surface area (Å²) in [6.07, 6.45) is 1.12. The number of rotatable bonds is 2. The zero-order chi connectivity index (χ0) is 14.0.